The predicted molar refractivity (Wildman–Crippen MR) is 66.3 cm³/mol. The molecule has 6 heteroatoms. The van der Waals surface area contributed by atoms with Crippen molar-refractivity contribution in [2.75, 3.05) is 0 Å². The number of nitrogens with zero attached hydrogens (tertiary/aromatic N) is 2. The van der Waals surface area contributed by atoms with Gasteiger partial charge in [0.05, 0.1) is 12.4 Å². The molecule has 0 aliphatic heterocycles. The number of benzene rings is 1. The molecule has 92 valence electrons. The van der Waals surface area contributed by atoms with Crippen LogP contribution in [0.5, 0.6) is 5.75 Å². The van der Waals surface area contributed by atoms with Crippen molar-refractivity contribution in [2.45, 2.75) is 6.54 Å². The quantitative estimate of drug-likeness (QED) is 0.885. The number of carbonyl (C=O) groups excluding carboxylic acids is 1. The van der Waals surface area contributed by atoms with E-state index < -0.39 is 0 Å². The normalized spacial score (nSPS) is 10.1. The molecule has 0 fully saturated rings. The molecule has 0 aliphatic carbocycles. The number of nitrogens with one attached hydrogen (secondary N) is 1. The predicted octanol–water partition coefficient (Wildman–Crippen LogP) is 1.77. The van der Waals surface area contributed by atoms with Gasteiger partial charge >= 0.3 is 0 Å². The molecular weight excluding hydrogens is 254 g/mol. The van der Waals surface area contributed by atoms with Crippen molar-refractivity contribution in [3.8, 4) is 5.75 Å². The van der Waals surface area contributed by atoms with Crippen LogP contribution in [0, 0.1) is 0 Å². The van der Waals surface area contributed by atoms with Gasteiger partial charge < -0.3 is 10.4 Å². The summed E-state index contributed by atoms with van der Waals surface area (Å²) in [6.45, 7) is 0.351. The maximum absolute atomic E-state index is 11.7. The second-order valence-electron chi connectivity index (χ2n) is 3.57. The highest BCUT2D eigenvalue weighted by molar-refractivity contribution is 6.29. The first-order chi connectivity index (χ1) is 8.65. The molecule has 1 aromatic carbocycles. The molecule has 1 aromatic heterocycles. The number of phenolic OH excluding ortho intramolecular Hbond substituents is 1. The largest absolute Gasteiger partial charge is 0.508 e. The van der Waals surface area contributed by atoms with Gasteiger partial charge in [-0.3, -0.25) is 4.79 Å². The maximum Gasteiger partial charge on any atom is 0.271 e. The van der Waals surface area contributed by atoms with E-state index in [-0.39, 0.29) is 22.5 Å². The molecular formula is C12H10ClN3O2. The average molecular weight is 264 g/mol. The zero-order valence-corrected chi connectivity index (χ0v) is 10.1. The molecule has 1 amide bonds. The van der Waals surface area contributed by atoms with Gasteiger partial charge in [0.2, 0.25) is 0 Å². The van der Waals surface area contributed by atoms with Crippen LogP contribution in [-0.4, -0.2) is 21.0 Å². The lowest BCUT2D eigenvalue weighted by Gasteiger charge is -2.04. The number of aromatic nitrogens is 2. The van der Waals surface area contributed by atoms with Crippen molar-refractivity contribution in [1.29, 1.82) is 0 Å². The van der Waals surface area contributed by atoms with Crippen LogP contribution in [0.15, 0.2) is 36.7 Å². The van der Waals surface area contributed by atoms with Crippen LogP contribution in [-0.2, 0) is 6.54 Å². The average Bonchev–Trinajstić information content (AvgIpc) is 2.38. The van der Waals surface area contributed by atoms with Gasteiger partial charge in [-0.2, -0.15) is 0 Å². The number of phenols is 1. The Balaban J connectivity index is 1.96. The first kappa shape index (κ1) is 12.3. The first-order valence-electron chi connectivity index (χ1n) is 5.19. The Morgan fingerprint density at radius 3 is 2.56 bits per heavy atom. The third kappa shape index (κ3) is 3.18. The second kappa shape index (κ2) is 5.46. The molecule has 18 heavy (non-hydrogen) atoms. The van der Waals surface area contributed by atoms with Crippen LogP contribution < -0.4 is 5.32 Å². The van der Waals surface area contributed by atoms with Gasteiger partial charge in [-0.05, 0) is 17.7 Å². The molecule has 0 aliphatic rings. The zero-order valence-electron chi connectivity index (χ0n) is 9.30. The number of hydrogen-bond donors (Lipinski definition) is 2. The van der Waals surface area contributed by atoms with Crippen molar-refractivity contribution in [1.82, 2.24) is 15.3 Å². The number of aromatic hydroxyl groups is 1. The first-order valence-corrected chi connectivity index (χ1v) is 5.56. The molecule has 0 saturated heterocycles. The molecule has 0 spiro atoms. The van der Waals surface area contributed by atoms with Crippen molar-refractivity contribution in [3.05, 3.63) is 53.1 Å². The van der Waals surface area contributed by atoms with Crippen LogP contribution in [0.1, 0.15) is 16.1 Å². The highest BCUT2D eigenvalue weighted by Gasteiger charge is 2.07. The molecule has 0 unspecified atom stereocenters. The third-order valence-electron chi connectivity index (χ3n) is 2.24. The Kier molecular flexibility index (Phi) is 3.74. The Morgan fingerprint density at radius 1 is 1.22 bits per heavy atom. The van der Waals surface area contributed by atoms with Crippen LogP contribution in [0.2, 0.25) is 5.15 Å². The van der Waals surface area contributed by atoms with E-state index in [1.54, 1.807) is 24.3 Å². The van der Waals surface area contributed by atoms with Crippen LogP contribution in [0.4, 0.5) is 0 Å². The summed E-state index contributed by atoms with van der Waals surface area (Å²) in [5.74, 6) is -0.138. The smallest absolute Gasteiger partial charge is 0.271 e. The Hall–Kier alpha value is -2.14. The van der Waals surface area contributed by atoms with Gasteiger partial charge in [0.1, 0.15) is 16.6 Å². The molecule has 2 rings (SSSR count). The van der Waals surface area contributed by atoms with Crippen molar-refractivity contribution in [3.63, 3.8) is 0 Å². The summed E-state index contributed by atoms with van der Waals surface area (Å²) < 4.78 is 0. The van der Waals surface area contributed by atoms with Gasteiger partial charge in [-0.25, -0.2) is 9.97 Å². The van der Waals surface area contributed by atoms with Gasteiger partial charge in [0.15, 0.2) is 0 Å². The van der Waals surface area contributed by atoms with E-state index in [1.807, 2.05) is 0 Å². The minimum absolute atomic E-state index is 0.189. The molecule has 0 bridgehead atoms. The van der Waals surface area contributed by atoms with E-state index >= 15 is 0 Å². The standard InChI is InChI=1S/C12H10ClN3O2/c13-11-7-14-10(6-15-11)12(18)16-5-8-1-3-9(17)4-2-8/h1-4,6-7,17H,5H2,(H,16,18). The summed E-state index contributed by atoms with van der Waals surface area (Å²) in [5.41, 5.74) is 1.08. The fraction of sp³-hybridized carbons (Fsp3) is 0.0833. The fourth-order valence-electron chi connectivity index (χ4n) is 1.32. The Morgan fingerprint density at radius 2 is 1.94 bits per heavy atom. The lowest BCUT2D eigenvalue weighted by Crippen LogP contribution is -2.23. The van der Waals surface area contributed by atoms with Gasteiger partial charge in [-0.1, -0.05) is 23.7 Å². The lowest BCUT2D eigenvalue weighted by molar-refractivity contribution is 0.0945. The monoisotopic (exact) mass is 263 g/mol. The topological polar surface area (TPSA) is 75.1 Å². The van der Waals surface area contributed by atoms with Crippen molar-refractivity contribution < 1.29 is 9.90 Å². The van der Waals surface area contributed by atoms with E-state index in [0.29, 0.717) is 6.54 Å². The van der Waals surface area contributed by atoms with Gasteiger partial charge in [-0.15, -0.1) is 0 Å². The Labute approximate surface area is 108 Å². The fourth-order valence-corrected chi connectivity index (χ4v) is 1.41. The number of halogens is 1. The number of rotatable bonds is 3. The number of carbonyl (C=O) groups is 1. The van der Waals surface area contributed by atoms with E-state index in [9.17, 15) is 4.79 Å². The van der Waals surface area contributed by atoms with E-state index in [4.69, 9.17) is 16.7 Å². The summed E-state index contributed by atoms with van der Waals surface area (Å²) in [6.07, 6.45) is 2.63. The van der Waals surface area contributed by atoms with Crippen LogP contribution in [0.25, 0.3) is 0 Å². The zero-order chi connectivity index (χ0) is 13.0. The number of hydrogen-bond acceptors (Lipinski definition) is 4. The van der Waals surface area contributed by atoms with E-state index in [0.717, 1.165) is 5.56 Å². The van der Waals surface area contributed by atoms with Crippen LogP contribution in [0.3, 0.4) is 0 Å². The van der Waals surface area contributed by atoms with Gasteiger partial charge in [0, 0.05) is 6.54 Å². The van der Waals surface area contributed by atoms with Crippen LogP contribution >= 0.6 is 11.6 Å². The summed E-state index contributed by atoms with van der Waals surface area (Å²) in [6, 6.07) is 6.57. The maximum atomic E-state index is 11.7. The lowest BCUT2D eigenvalue weighted by atomic mass is 10.2. The minimum atomic E-state index is -0.327. The molecule has 0 radical (unpaired) electrons. The molecule has 1 heterocycles. The van der Waals surface area contributed by atoms with Crippen molar-refractivity contribution >= 4 is 17.5 Å². The molecule has 5 nitrogen and oxygen atoms in total. The summed E-state index contributed by atoms with van der Waals surface area (Å²) in [4.78, 5) is 19.3. The SMILES string of the molecule is O=C(NCc1ccc(O)cc1)c1cnc(Cl)cn1. The number of amides is 1. The third-order valence-corrected chi connectivity index (χ3v) is 2.44. The molecule has 2 aromatic rings. The molecule has 0 atom stereocenters. The molecule has 2 N–H and O–H groups in total. The Bertz CT molecular complexity index is 540. The summed E-state index contributed by atoms with van der Waals surface area (Å²) in [5, 5.41) is 12.0. The highest BCUT2D eigenvalue weighted by Crippen LogP contribution is 2.09. The second-order valence-corrected chi connectivity index (χ2v) is 3.96. The summed E-state index contributed by atoms with van der Waals surface area (Å²) >= 11 is 5.58. The minimum Gasteiger partial charge on any atom is -0.508 e. The van der Waals surface area contributed by atoms with E-state index in [2.05, 4.69) is 15.3 Å². The van der Waals surface area contributed by atoms with E-state index in [1.165, 1.54) is 12.4 Å². The van der Waals surface area contributed by atoms with Crippen molar-refractivity contribution in [2.24, 2.45) is 0 Å². The van der Waals surface area contributed by atoms with Gasteiger partial charge in [0.25, 0.3) is 5.91 Å². The molecule has 0 saturated carbocycles. The summed E-state index contributed by atoms with van der Waals surface area (Å²) in [7, 11) is 0. The highest BCUT2D eigenvalue weighted by atomic mass is 35.5.